The van der Waals surface area contributed by atoms with E-state index in [0.29, 0.717) is 0 Å². The standard InChI is InChI=1S/C4H2F2NS.Y/c5-3(6)4-7-1-2-8-4;/h1-2H;/q-1;. The third-order valence-electron chi connectivity index (χ3n) is 0.594. The Morgan fingerprint density at radius 3 is 2.44 bits per heavy atom. The van der Waals surface area contributed by atoms with E-state index in [1.54, 1.807) is 0 Å². The van der Waals surface area contributed by atoms with Gasteiger partial charge in [0, 0.05) is 49.3 Å². The molecule has 1 aromatic heterocycles. The number of nitrogens with zero attached hydrogens (tertiary/aromatic N) is 1. The molecule has 0 fully saturated rings. The zero-order chi connectivity index (χ0) is 5.98. The maximum atomic E-state index is 11.5. The summed E-state index contributed by atoms with van der Waals surface area (Å²) in [6.07, 6.45) is -0.362. The normalized spacial score (nSPS) is 8.22. The Kier molecular flexibility index (Phi) is 4.53. The Bertz CT molecular complexity index is 154. The first kappa shape index (κ1) is 9.46. The van der Waals surface area contributed by atoms with E-state index in [-0.39, 0.29) is 37.7 Å². The second kappa shape index (κ2) is 4.31. The van der Waals surface area contributed by atoms with E-state index in [0.717, 1.165) is 11.3 Å². The van der Waals surface area contributed by atoms with Gasteiger partial charge in [0.15, 0.2) is 0 Å². The molecule has 0 atom stereocenters. The fourth-order valence-corrected chi connectivity index (χ4v) is 0.778. The van der Waals surface area contributed by atoms with Crippen molar-refractivity contribution >= 4 is 11.3 Å². The Morgan fingerprint density at radius 2 is 2.22 bits per heavy atom. The predicted molar refractivity (Wildman–Crippen MR) is 26.7 cm³/mol. The average Bonchev–Trinajstić information content (AvgIpc) is 2.12. The molecule has 1 heterocycles. The zero-order valence-electron chi connectivity index (χ0n) is 4.34. The molecule has 0 amide bonds. The molecule has 1 rings (SSSR count). The molecule has 1 aromatic rings. The molecule has 0 aliphatic rings. The smallest absolute Gasteiger partial charge is 0.0350 e. The molecule has 1 nitrogen and oxygen atoms in total. The summed E-state index contributed by atoms with van der Waals surface area (Å²) >= 11 is 0.933. The van der Waals surface area contributed by atoms with E-state index >= 15 is 0 Å². The Morgan fingerprint density at radius 1 is 1.56 bits per heavy atom. The summed E-state index contributed by atoms with van der Waals surface area (Å²) in [5, 5.41) is 1.32. The molecule has 0 saturated heterocycles. The minimum Gasteiger partial charge on any atom is -0.392 e. The van der Waals surface area contributed by atoms with Crippen molar-refractivity contribution in [1.82, 2.24) is 4.98 Å². The number of hydrogen-bond acceptors (Lipinski definition) is 2. The number of rotatable bonds is 1. The van der Waals surface area contributed by atoms with Crippen LogP contribution in [0.4, 0.5) is 8.78 Å². The predicted octanol–water partition coefficient (Wildman–Crippen LogP) is 1.92. The van der Waals surface area contributed by atoms with Crippen molar-refractivity contribution in [2.24, 2.45) is 0 Å². The van der Waals surface area contributed by atoms with Crippen molar-refractivity contribution in [3.63, 3.8) is 0 Å². The molecule has 5 heteroatoms. The summed E-state index contributed by atoms with van der Waals surface area (Å²) in [4.78, 5) is 3.35. The molecule has 0 aliphatic heterocycles. The van der Waals surface area contributed by atoms with Crippen LogP contribution in [0.2, 0.25) is 0 Å². The quantitative estimate of drug-likeness (QED) is 0.662. The van der Waals surface area contributed by atoms with E-state index in [1.807, 2.05) is 0 Å². The molecule has 1 radical (unpaired) electrons. The van der Waals surface area contributed by atoms with Gasteiger partial charge in [-0.3, -0.25) is 4.98 Å². The van der Waals surface area contributed by atoms with Crippen LogP contribution in [0.3, 0.4) is 0 Å². The molecular formula is C4H2F2NSY-. The van der Waals surface area contributed by atoms with Gasteiger partial charge in [-0.2, -0.15) is 11.3 Å². The molecule has 0 aromatic carbocycles. The van der Waals surface area contributed by atoms with Crippen LogP contribution in [0.25, 0.3) is 0 Å². The molecule has 0 spiro atoms. The van der Waals surface area contributed by atoms with Gasteiger partial charge in [-0.05, 0) is 6.43 Å². The van der Waals surface area contributed by atoms with Gasteiger partial charge in [-0.25, -0.2) is 0 Å². The Labute approximate surface area is 80.4 Å². The van der Waals surface area contributed by atoms with E-state index < -0.39 is 6.43 Å². The van der Waals surface area contributed by atoms with Gasteiger partial charge in [0.2, 0.25) is 0 Å². The van der Waals surface area contributed by atoms with Gasteiger partial charge < -0.3 is 8.78 Å². The van der Waals surface area contributed by atoms with Gasteiger partial charge in [0.1, 0.15) is 0 Å². The summed E-state index contributed by atoms with van der Waals surface area (Å²) in [6.45, 7) is 0. The maximum absolute atomic E-state index is 11.5. The number of aromatic nitrogens is 1. The van der Waals surface area contributed by atoms with E-state index in [1.165, 1.54) is 11.6 Å². The fourth-order valence-electron chi connectivity index (χ4n) is 0.317. The molecule has 9 heavy (non-hydrogen) atoms. The summed E-state index contributed by atoms with van der Waals surface area (Å²) in [6, 6.07) is 0. The van der Waals surface area contributed by atoms with Crippen LogP contribution in [0, 0.1) is 6.43 Å². The first-order chi connectivity index (χ1) is 3.80. The number of halogens is 2. The molecule has 0 unspecified atom stereocenters. The van der Waals surface area contributed by atoms with Gasteiger partial charge in [0.25, 0.3) is 0 Å². The van der Waals surface area contributed by atoms with Gasteiger partial charge in [-0.1, -0.05) is 0 Å². The van der Waals surface area contributed by atoms with Crippen LogP contribution in [0.1, 0.15) is 5.01 Å². The van der Waals surface area contributed by atoms with E-state index in [2.05, 4.69) is 4.98 Å². The summed E-state index contributed by atoms with van der Waals surface area (Å²) in [7, 11) is 0. The Balaban J connectivity index is 0.000000640. The molecule has 0 saturated carbocycles. The summed E-state index contributed by atoms with van der Waals surface area (Å²) in [5.41, 5.74) is 0. The van der Waals surface area contributed by atoms with Crippen molar-refractivity contribution in [3.8, 4) is 0 Å². The van der Waals surface area contributed by atoms with Crippen molar-refractivity contribution < 1.29 is 41.5 Å². The number of hydrogen-bond donors (Lipinski definition) is 0. The summed E-state index contributed by atoms with van der Waals surface area (Å²) in [5.74, 6) is 0. The third kappa shape index (κ3) is 2.69. The zero-order valence-corrected chi connectivity index (χ0v) is 8.00. The van der Waals surface area contributed by atoms with Crippen LogP contribution in [-0.4, -0.2) is 4.98 Å². The molecule has 0 N–H and O–H groups in total. The van der Waals surface area contributed by atoms with E-state index in [9.17, 15) is 8.78 Å². The monoisotopic (exact) mass is 223 g/mol. The SMILES string of the molecule is F[C-](F)c1nccs1.[Y]. The van der Waals surface area contributed by atoms with Crippen LogP contribution < -0.4 is 0 Å². The van der Waals surface area contributed by atoms with Gasteiger partial charge in [-0.15, -0.1) is 0 Å². The number of thiazole rings is 1. The van der Waals surface area contributed by atoms with Crippen molar-refractivity contribution in [3.05, 3.63) is 23.0 Å². The first-order valence-electron chi connectivity index (χ1n) is 1.88. The van der Waals surface area contributed by atoms with Crippen LogP contribution in [0.15, 0.2) is 11.6 Å². The average molecular weight is 223 g/mol. The molecular weight excluding hydrogens is 221 g/mol. The van der Waals surface area contributed by atoms with Gasteiger partial charge in [0.05, 0.1) is 0 Å². The van der Waals surface area contributed by atoms with Crippen molar-refractivity contribution in [2.75, 3.05) is 0 Å². The van der Waals surface area contributed by atoms with Crippen LogP contribution in [-0.2, 0) is 32.7 Å². The Hall–Kier alpha value is 0.464. The third-order valence-corrected chi connectivity index (χ3v) is 1.33. The fraction of sp³-hybridized carbons (Fsp3) is 0. The minimum absolute atomic E-state index is 0. The molecule has 0 bridgehead atoms. The van der Waals surface area contributed by atoms with Crippen molar-refractivity contribution in [2.45, 2.75) is 0 Å². The largest absolute Gasteiger partial charge is 0.392 e. The van der Waals surface area contributed by atoms with E-state index in [4.69, 9.17) is 0 Å². The first-order valence-corrected chi connectivity index (χ1v) is 2.76. The molecule has 0 aliphatic carbocycles. The van der Waals surface area contributed by atoms with Crippen LogP contribution >= 0.6 is 11.3 Å². The topological polar surface area (TPSA) is 12.9 Å². The van der Waals surface area contributed by atoms with Crippen molar-refractivity contribution in [1.29, 1.82) is 0 Å². The summed E-state index contributed by atoms with van der Waals surface area (Å²) < 4.78 is 22.9. The maximum Gasteiger partial charge on any atom is 0.0350 e. The van der Waals surface area contributed by atoms with Gasteiger partial charge >= 0.3 is 0 Å². The second-order valence-corrected chi connectivity index (χ2v) is 1.99. The minimum atomic E-state index is -1.71. The molecule has 47 valence electrons. The second-order valence-electron chi connectivity index (χ2n) is 1.10. The van der Waals surface area contributed by atoms with Crippen LogP contribution in [0.5, 0.6) is 0 Å².